The standard InChI is InChI=1S/C12H20F3NO2/c1-2-9(16)11(7-10(17)18)5-3-4-8(6-11)12(13,14)15/h8-9H,2-7,16H2,1H3,(H,17,18). The van der Waals surface area contributed by atoms with E-state index in [0.717, 1.165) is 0 Å². The third kappa shape index (κ3) is 3.37. The monoisotopic (exact) mass is 267 g/mol. The summed E-state index contributed by atoms with van der Waals surface area (Å²) >= 11 is 0. The minimum Gasteiger partial charge on any atom is -0.481 e. The summed E-state index contributed by atoms with van der Waals surface area (Å²) in [6.07, 6.45) is -3.23. The topological polar surface area (TPSA) is 63.3 Å². The molecule has 0 aliphatic heterocycles. The van der Waals surface area contributed by atoms with E-state index in [-0.39, 0.29) is 19.3 Å². The van der Waals surface area contributed by atoms with Gasteiger partial charge < -0.3 is 10.8 Å². The fourth-order valence-electron chi connectivity index (χ4n) is 3.04. The highest BCUT2D eigenvalue weighted by atomic mass is 19.4. The second kappa shape index (κ2) is 5.47. The summed E-state index contributed by atoms with van der Waals surface area (Å²) in [4.78, 5) is 10.9. The van der Waals surface area contributed by atoms with E-state index in [1.807, 2.05) is 0 Å². The largest absolute Gasteiger partial charge is 0.481 e. The minimum absolute atomic E-state index is 0.0846. The summed E-state index contributed by atoms with van der Waals surface area (Å²) in [5.74, 6) is -2.48. The SMILES string of the molecule is CCC(N)C1(CC(=O)O)CCCC(C(F)(F)F)C1. The van der Waals surface area contributed by atoms with Crippen LogP contribution in [0.1, 0.15) is 45.4 Å². The fourth-order valence-corrected chi connectivity index (χ4v) is 3.04. The molecule has 1 rings (SSSR count). The quantitative estimate of drug-likeness (QED) is 0.823. The van der Waals surface area contributed by atoms with Gasteiger partial charge in [-0.2, -0.15) is 13.2 Å². The van der Waals surface area contributed by atoms with Crippen molar-refractivity contribution < 1.29 is 23.1 Å². The average Bonchev–Trinajstić information content (AvgIpc) is 2.26. The van der Waals surface area contributed by atoms with Crippen LogP contribution in [-0.2, 0) is 4.79 Å². The molecule has 0 aromatic rings. The number of halogens is 3. The van der Waals surface area contributed by atoms with Crippen LogP contribution in [0.2, 0.25) is 0 Å². The first-order valence-electron chi connectivity index (χ1n) is 6.25. The van der Waals surface area contributed by atoms with E-state index in [1.54, 1.807) is 6.92 Å². The second-order valence-electron chi connectivity index (χ2n) is 5.28. The minimum atomic E-state index is -4.25. The van der Waals surface area contributed by atoms with Gasteiger partial charge >= 0.3 is 12.1 Å². The van der Waals surface area contributed by atoms with Crippen molar-refractivity contribution in [1.82, 2.24) is 0 Å². The fraction of sp³-hybridized carbons (Fsp3) is 0.917. The molecule has 3 atom stereocenters. The lowest BCUT2D eigenvalue weighted by atomic mass is 9.63. The van der Waals surface area contributed by atoms with Gasteiger partial charge in [0.25, 0.3) is 0 Å². The Morgan fingerprint density at radius 3 is 2.61 bits per heavy atom. The molecular weight excluding hydrogens is 247 g/mol. The maximum absolute atomic E-state index is 12.8. The van der Waals surface area contributed by atoms with Crippen LogP contribution < -0.4 is 5.73 Å². The number of carboxylic acids is 1. The molecule has 0 aromatic carbocycles. The summed E-state index contributed by atoms with van der Waals surface area (Å²) in [5.41, 5.74) is 5.00. The third-order valence-corrected chi connectivity index (χ3v) is 4.07. The maximum atomic E-state index is 12.8. The van der Waals surface area contributed by atoms with Crippen molar-refractivity contribution in [3.63, 3.8) is 0 Å². The van der Waals surface area contributed by atoms with Crippen LogP contribution in [0.15, 0.2) is 0 Å². The van der Waals surface area contributed by atoms with Gasteiger partial charge in [0.2, 0.25) is 0 Å². The molecule has 1 aliphatic carbocycles. The van der Waals surface area contributed by atoms with E-state index in [1.165, 1.54) is 0 Å². The third-order valence-electron chi connectivity index (χ3n) is 4.07. The van der Waals surface area contributed by atoms with Gasteiger partial charge in [-0.15, -0.1) is 0 Å². The van der Waals surface area contributed by atoms with Crippen LogP contribution in [0.5, 0.6) is 0 Å². The number of carboxylic acid groups (broad SMARTS) is 1. The number of hydrogen-bond donors (Lipinski definition) is 2. The average molecular weight is 267 g/mol. The Morgan fingerprint density at radius 2 is 2.17 bits per heavy atom. The first kappa shape index (κ1) is 15.3. The van der Waals surface area contributed by atoms with Crippen LogP contribution in [0.4, 0.5) is 13.2 Å². The zero-order valence-electron chi connectivity index (χ0n) is 10.5. The zero-order chi connectivity index (χ0) is 14.0. The number of aliphatic carboxylic acids is 1. The summed E-state index contributed by atoms with van der Waals surface area (Å²) in [6.45, 7) is 1.78. The van der Waals surface area contributed by atoms with E-state index in [9.17, 15) is 18.0 Å². The van der Waals surface area contributed by atoms with E-state index >= 15 is 0 Å². The molecule has 3 N–H and O–H groups in total. The highest BCUT2D eigenvalue weighted by Crippen LogP contribution is 2.49. The molecule has 0 heterocycles. The Balaban J connectivity index is 2.92. The summed E-state index contributed by atoms with van der Waals surface area (Å²) in [6, 6.07) is -0.487. The van der Waals surface area contributed by atoms with Crippen molar-refractivity contribution in [2.75, 3.05) is 0 Å². The van der Waals surface area contributed by atoms with Crippen molar-refractivity contribution in [3.8, 4) is 0 Å². The Hall–Kier alpha value is -0.780. The van der Waals surface area contributed by atoms with Crippen molar-refractivity contribution >= 4 is 5.97 Å². The van der Waals surface area contributed by atoms with Crippen molar-refractivity contribution in [2.24, 2.45) is 17.1 Å². The molecule has 0 saturated heterocycles. The van der Waals surface area contributed by atoms with Crippen molar-refractivity contribution in [1.29, 1.82) is 0 Å². The van der Waals surface area contributed by atoms with Gasteiger partial charge in [-0.1, -0.05) is 13.3 Å². The number of carbonyl (C=O) groups is 1. The van der Waals surface area contributed by atoms with Crippen LogP contribution in [-0.4, -0.2) is 23.3 Å². The lowest BCUT2D eigenvalue weighted by Crippen LogP contribution is -2.48. The molecule has 0 aromatic heterocycles. The van der Waals surface area contributed by atoms with E-state index in [4.69, 9.17) is 10.8 Å². The van der Waals surface area contributed by atoms with E-state index < -0.39 is 29.5 Å². The Morgan fingerprint density at radius 1 is 1.56 bits per heavy atom. The molecule has 3 unspecified atom stereocenters. The smallest absolute Gasteiger partial charge is 0.391 e. The zero-order valence-corrected chi connectivity index (χ0v) is 10.5. The van der Waals surface area contributed by atoms with Crippen LogP contribution in [0.3, 0.4) is 0 Å². The van der Waals surface area contributed by atoms with Crippen molar-refractivity contribution in [3.05, 3.63) is 0 Å². The van der Waals surface area contributed by atoms with Gasteiger partial charge in [-0.25, -0.2) is 0 Å². The van der Waals surface area contributed by atoms with Gasteiger partial charge in [0.1, 0.15) is 0 Å². The first-order chi connectivity index (χ1) is 8.21. The predicted molar refractivity (Wildman–Crippen MR) is 61.0 cm³/mol. The van der Waals surface area contributed by atoms with Gasteiger partial charge in [-0.3, -0.25) is 4.79 Å². The second-order valence-corrected chi connectivity index (χ2v) is 5.28. The molecule has 0 radical (unpaired) electrons. The molecule has 1 saturated carbocycles. The van der Waals surface area contributed by atoms with Crippen LogP contribution in [0.25, 0.3) is 0 Å². The number of rotatable bonds is 4. The molecule has 18 heavy (non-hydrogen) atoms. The summed E-state index contributed by atoms with van der Waals surface area (Å²) < 4.78 is 38.4. The number of hydrogen-bond acceptors (Lipinski definition) is 2. The van der Waals surface area contributed by atoms with Gasteiger partial charge in [0, 0.05) is 6.04 Å². The number of nitrogens with two attached hydrogens (primary N) is 1. The van der Waals surface area contributed by atoms with E-state index in [2.05, 4.69) is 0 Å². The molecular formula is C12H20F3NO2. The lowest BCUT2D eigenvalue weighted by molar-refractivity contribution is -0.195. The normalized spacial score (nSPS) is 31.1. The highest BCUT2D eigenvalue weighted by molar-refractivity contribution is 5.68. The maximum Gasteiger partial charge on any atom is 0.391 e. The van der Waals surface area contributed by atoms with E-state index in [0.29, 0.717) is 19.3 Å². The number of alkyl halides is 3. The molecule has 0 spiro atoms. The Kier molecular flexibility index (Phi) is 4.64. The van der Waals surface area contributed by atoms with Crippen LogP contribution >= 0.6 is 0 Å². The Labute approximate surface area is 105 Å². The summed E-state index contributed by atoms with van der Waals surface area (Å²) in [7, 11) is 0. The predicted octanol–water partition coefficient (Wildman–Crippen LogP) is 2.94. The van der Waals surface area contributed by atoms with Gasteiger partial charge in [-0.05, 0) is 31.1 Å². The first-order valence-corrected chi connectivity index (χ1v) is 6.25. The molecule has 6 heteroatoms. The highest BCUT2D eigenvalue weighted by Gasteiger charge is 2.50. The molecule has 0 amide bonds. The molecule has 0 bridgehead atoms. The molecule has 1 fully saturated rings. The van der Waals surface area contributed by atoms with Gasteiger partial charge in [0.15, 0.2) is 0 Å². The Bertz CT molecular complexity index is 306. The lowest BCUT2D eigenvalue weighted by Gasteiger charge is -2.44. The summed E-state index contributed by atoms with van der Waals surface area (Å²) in [5, 5.41) is 8.93. The molecule has 106 valence electrons. The van der Waals surface area contributed by atoms with Gasteiger partial charge in [0.05, 0.1) is 12.3 Å². The van der Waals surface area contributed by atoms with Crippen LogP contribution in [0, 0.1) is 11.3 Å². The molecule has 1 aliphatic rings. The van der Waals surface area contributed by atoms with Crippen molar-refractivity contribution in [2.45, 2.75) is 57.7 Å². The molecule has 3 nitrogen and oxygen atoms in total.